The number of nitrogens with one attached hydrogen (secondary N) is 2. The molecule has 0 aliphatic carbocycles. The number of carbonyl (C=O) groups is 3. The molecular weight excluding hydrogens is 336 g/mol. The molecule has 3 amide bonds. The van der Waals surface area contributed by atoms with Crippen LogP contribution in [-0.2, 0) is 16.0 Å². The fourth-order valence-corrected chi connectivity index (χ4v) is 2.24. The van der Waals surface area contributed by atoms with E-state index in [1.54, 1.807) is 0 Å². The lowest BCUT2D eigenvalue weighted by molar-refractivity contribution is -0.123. The minimum atomic E-state index is -0.876. The summed E-state index contributed by atoms with van der Waals surface area (Å²) >= 11 is 0. The molecule has 0 saturated carbocycles. The summed E-state index contributed by atoms with van der Waals surface area (Å²) in [6.45, 7) is 0.0859. The van der Waals surface area contributed by atoms with Crippen LogP contribution in [0.4, 0.5) is 5.82 Å². The van der Waals surface area contributed by atoms with Crippen molar-refractivity contribution in [1.29, 1.82) is 0 Å². The van der Waals surface area contributed by atoms with E-state index in [1.807, 2.05) is 30.3 Å². The molecule has 1 atom stereocenters. The van der Waals surface area contributed by atoms with E-state index in [-0.39, 0.29) is 30.9 Å². The average molecular weight is 356 g/mol. The van der Waals surface area contributed by atoms with Crippen LogP contribution in [0.15, 0.2) is 42.7 Å². The molecule has 1 aromatic heterocycles. The molecule has 0 unspecified atom stereocenters. The summed E-state index contributed by atoms with van der Waals surface area (Å²) in [5.74, 6) is -1.61. The maximum atomic E-state index is 12.4. The molecule has 0 bridgehead atoms. The van der Waals surface area contributed by atoms with Gasteiger partial charge in [0.05, 0.1) is 0 Å². The fraction of sp³-hybridized carbons (Fsp3) is 0.235. The average Bonchev–Trinajstić information content (AvgIpc) is 2.62. The van der Waals surface area contributed by atoms with E-state index in [1.165, 1.54) is 12.4 Å². The molecule has 0 fully saturated rings. The number of carbonyl (C=O) groups excluding carboxylic acids is 3. The maximum Gasteiger partial charge on any atom is 0.274 e. The van der Waals surface area contributed by atoms with Gasteiger partial charge in [-0.15, -0.1) is 0 Å². The molecule has 9 heteroatoms. The zero-order valence-corrected chi connectivity index (χ0v) is 14.0. The first kappa shape index (κ1) is 18.8. The molecule has 0 saturated heterocycles. The first-order valence-corrected chi connectivity index (χ1v) is 7.94. The van der Waals surface area contributed by atoms with Gasteiger partial charge in [-0.25, -0.2) is 9.97 Å². The van der Waals surface area contributed by atoms with Crippen LogP contribution in [0.5, 0.6) is 0 Å². The number of primary amides is 1. The second-order valence-electron chi connectivity index (χ2n) is 5.51. The molecular formula is C17H20N6O3. The number of benzene rings is 1. The van der Waals surface area contributed by atoms with Gasteiger partial charge in [-0.05, 0) is 5.56 Å². The van der Waals surface area contributed by atoms with E-state index >= 15 is 0 Å². The second-order valence-corrected chi connectivity index (χ2v) is 5.51. The topological polar surface area (TPSA) is 153 Å². The quantitative estimate of drug-likeness (QED) is 0.495. The highest BCUT2D eigenvalue weighted by atomic mass is 16.2. The van der Waals surface area contributed by atoms with Crippen molar-refractivity contribution >= 4 is 23.5 Å². The molecule has 26 heavy (non-hydrogen) atoms. The van der Waals surface area contributed by atoms with Gasteiger partial charge in [0.2, 0.25) is 11.8 Å². The zero-order chi connectivity index (χ0) is 18.9. The minimum absolute atomic E-state index is 0.00878. The number of nitrogen functional groups attached to an aromatic ring is 1. The lowest BCUT2D eigenvalue weighted by Crippen LogP contribution is -2.48. The highest BCUT2D eigenvalue weighted by molar-refractivity contribution is 5.99. The van der Waals surface area contributed by atoms with Gasteiger partial charge in [0.15, 0.2) is 11.5 Å². The van der Waals surface area contributed by atoms with Crippen molar-refractivity contribution in [3.63, 3.8) is 0 Å². The molecule has 0 radical (unpaired) electrons. The van der Waals surface area contributed by atoms with Gasteiger partial charge in [0.25, 0.3) is 5.91 Å². The number of hydrogen-bond acceptors (Lipinski definition) is 6. The zero-order valence-electron chi connectivity index (χ0n) is 14.0. The molecule has 1 heterocycles. The number of hydrogen-bond donors (Lipinski definition) is 4. The van der Waals surface area contributed by atoms with Gasteiger partial charge in [-0.1, -0.05) is 30.3 Å². The third-order valence-corrected chi connectivity index (χ3v) is 3.52. The Morgan fingerprint density at radius 1 is 1.08 bits per heavy atom. The smallest absolute Gasteiger partial charge is 0.274 e. The molecule has 2 aromatic rings. The van der Waals surface area contributed by atoms with Gasteiger partial charge < -0.3 is 22.1 Å². The number of nitrogens with two attached hydrogens (primary N) is 2. The van der Waals surface area contributed by atoms with E-state index in [9.17, 15) is 14.4 Å². The van der Waals surface area contributed by atoms with Gasteiger partial charge in [0, 0.05) is 31.8 Å². The highest BCUT2D eigenvalue weighted by Crippen LogP contribution is 2.07. The van der Waals surface area contributed by atoms with Crippen molar-refractivity contribution in [2.45, 2.75) is 18.9 Å². The van der Waals surface area contributed by atoms with Crippen molar-refractivity contribution in [3.05, 3.63) is 54.0 Å². The van der Waals surface area contributed by atoms with Crippen molar-refractivity contribution in [2.24, 2.45) is 5.73 Å². The molecule has 0 spiro atoms. The van der Waals surface area contributed by atoms with E-state index in [0.717, 1.165) is 5.56 Å². The van der Waals surface area contributed by atoms with Crippen LogP contribution in [0.25, 0.3) is 0 Å². The molecule has 0 aliphatic heterocycles. The van der Waals surface area contributed by atoms with Crippen LogP contribution in [0.2, 0.25) is 0 Å². The summed E-state index contributed by atoms with van der Waals surface area (Å²) in [5, 5.41) is 5.19. The molecule has 0 aliphatic rings. The Kier molecular flexibility index (Phi) is 6.60. The monoisotopic (exact) mass is 356 g/mol. The Balaban J connectivity index is 2.11. The van der Waals surface area contributed by atoms with Crippen molar-refractivity contribution in [1.82, 2.24) is 20.6 Å². The summed E-state index contributed by atoms with van der Waals surface area (Å²) < 4.78 is 0. The molecule has 136 valence electrons. The number of anilines is 1. The molecule has 6 N–H and O–H groups in total. The van der Waals surface area contributed by atoms with Crippen molar-refractivity contribution in [2.75, 3.05) is 12.3 Å². The second kappa shape index (κ2) is 9.11. The Hall–Kier alpha value is -3.49. The Morgan fingerprint density at radius 2 is 1.77 bits per heavy atom. The van der Waals surface area contributed by atoms with Crippen LogP contribution in [0, 0.1) is 0 Å². The lowest BCUT2D eigenvalue weighted by atomic mass is 10.0. The SMILES string of the molecule is NC(=O)CCNC(=O)[C@@H](Cc1ccccc1)NC(=O)c1nccnc1N. The standard InChI is InChI=1S/C17H20N6O3/c18-13(24)6-7-22-16(25)12(10-11-4-2-1-3-5-11)23-17(26)14-15(19)21-9-8-20-14/h1-5,8-9,12H,6-7,10H2,(H2,18,24)(H2,19,21)(H,22,25)(H,23,26)/t12-/m1/s1. The van der Waals surface area contributed by atoms with Crippen LogP contribution in [0.1, 0.15) is 22.5 Å². The first-order chi connectivity index (χ1) is 12.5. The number of amides is 3. The summed E-state index contributed by atoms with van der Waals surface area (Å²) in [6.07, 6.45) is 2.97. The van der Waals surface area contributed by atoms with Crippen molar-refractivity contribution < 1.29 is 14.4 Å². The van der Waals surface area contributed by atoms with Crippen LogP contribution in [-0.4, -0.2) is 40.3 Å². The Morgan fingerprint density at radius 3 is 2.42 bits per heavy atom. The van der Waals surface area contributed by atoms with Gasteiger partial charge in [-0.3, -0.25) is 14.4 Å². The fourth-order valence-electron chi connectivity index (χ4n) is 2.24. The number of nitrogens with zero attached hydrogens (tertiary/aromatic N) is 2. The Bertz CT molecular complexity index is 781. The summed E-state index contributed by atoms with van der Waals surface area (Å²) in [6, 6.07) is 8.32. The van der Waals surface area contributed by atoms with Crippen LogP contribution in [0.3, 0.4) is 0 Å². The van der Waals surface area contributed by atoms with Crippen LogP contribution < -0.4 is 22.1 Å². The first-order valence-electron chi connectivity index (χ1n) is 7.94. The molecule has 9 nitrogen and oxygen atoms in total. The number of aromatic nitrogens is 2. The van der Waals surface area contributed by atoms with E-state index in [4.69, 9.17) is 11.5 Å². The van der Waals surface area contributed by atoms with Gasteiger partial charge in [-0.2, -0.15) is 0 Å². The third kappa shape index (κ3) is 5.55. The van der Waals surface area contributed by atoms with E-state index in [2.05, 4.69) is 20.6 Å². The normalized spacial score (nSPS) is 11.4. The molecule has 1 aromatic carbocycles. The predicted molar refractivity (Wildman–Crippen MR) is 94.7 cm³/mol. The summed E-state index contributed by atoms with van der Waals surface area (Å²) in [4.78, 5) is 43.4. The van der Waals surface area contributed by atoms with Gasteiger partial charge >= 0.3 is 0 Å². The largest absolute Gasteiger partial charge is 0.382 e. The van der Waals surface area contributed by atoms with Gasteiger partial charge in [0.1, 0.15) is 6.04 Å². The third-order valence-electron chi connectivity index (χ3n) is 3.52. The lowest BCUT2D eigenvalue weighted by Gasteiger charge is -2.18. The number of rotatable bonds is 8. The Labute approximate surface area is 150 Å². The predicted octanol–water partition coefficient (Wildman–Crippen LogP) is -0.608. The van der Waals surface area contributed by atoms with Crippen LogP contribution >= 0.6 is 0 Å². The van der Waals surface area contributed by atoms with E-state index in [0.29, 0.717) is 0 Å². The van der Waals surface area contributed by atoms with Crippen molar-refractivity contribution in [3.8, 4) is 0 Å². The summed E-state index contributed by atoms with van der Waals surface area (Å²) in [5.41, 5.74) is 11.5. The minimum Gasteiger partial charge on any atom is -0.382 e. The maximum absolute atomic E-state index is 12.4. The highest BCUT2D eigenvalue weighted by Gasteiger charge is 2.23. The summed E-state index contributed by atoms with van der Waals surface area (Å²) in [7, 11) is 0. The molecule has 2 rings (SSSR count). The van der Waals surface area contributed by atoms with E-state index < -0.39 is 23.8 Å².